The molecule has 0 fully saturated rings. The number of imide groups is 1. The van der Waals surface area contributed by atoms with E-state index in [1.165, 1.54) is 16.7 Å². The molecule has 2 heterocycles. The van der Waals surface area contributed by atoms with Crippen LogP contribution in [-0.4, -0.2) is 41.2 Å². The second kappa shape index (κ2) is 8.46. The Kier molecular flexibility index (Phi) is 6.02. The lowest BCUT2D eigenvalue weighted by Gasteiger charge is -2.29. The number of carbonyl (C=O) groups is 2. The molecule has 0 saturated carbocycles. The molecule has 0 aromatic heterocycles. The molecule has 0 bridgehead atoms. The highest BCUT2D eigenvalue weighted by Crippen LogP contribution is 2.39. The van der Waals surface area contributed by atoms with Crippen molar-refractivity contribution in [2.45, 2.75) is 45.7 Å². The van der Waals surface area contributed by atoms with E-state index in [4.69, 9.17) is 0 Å². The van der Waals surface area contributed by atoms with Crippen LogP contribution >= 0.6 is 0 Å². The fraction of sp³-hybridized carbons (Fsp3) is 0.391. The molecule has 0 aliphatic carbocycles. The highest BCUT2D eigenvalue weighted by molar-refractivity contribution is 5.92. The van der Waals surface area contributed by atoms with Crippen LogP contribution in [0.5, 0.6) is 0 Å². The van der Waals surface area contributed by atoms with Crippen LogP contribution in [0.4, 0.5) is 0 Å². The van der Waals surface area contributed by atoms with Gasteiger partial charge in [-0.1, -0.05) is 50.8 Å². The molecule has 2 aliphatic rings. The minimum absolute atomic E-state index is 0.263. The minimum atomic E-state index is -0.387. The second-order valence-electron chi connectivity index (χ2n) is 7.50. The number of benzene rings is 1. The number of fused-ring (bicyclic) bond motifs is 1. The van der Waals surface area contributed by atoms with E-state index in [1.54, 1.807) is 0 Å². The van der Waals surface area contributed by atoms with Crippen molar-refractivity contribution in [3.05, 3.63) is 59.8 Å². The van der Waals surface area contributed by atoms with Gasteiger partial charge in [0.2, 0.25) is 12.3 Å². The Morgan fingerprint density at radius 3 is 2.71 bits per heavy atom. The van der Waals surface area contributed by atoms with Crippen molar-refractivity contribution < 1.29 is 9.59 Å². The van der Waals surface area contributed by atoms with Crippen molar-refractivity contribution in [1.29, 1.82) is 0 Å². The maximum absolute atomic E-state index is 12.5. The van der Waals surface area contributed by atoms with Gasteiger partial charge < -0.3 is 9.80 Å². The van der Waals surface area contributed by atoms with Gasteiger partial charge in [-0.15, -0.1) is 0 Å². The average Bonchev–Trinajstić information content (AvgIpc) is 3.03. The van der Waals surface area contributed by atoms with Gasteiger partial charge in [-0.3, -0.25) is 14.9 Å². The highest BCUT2D eigenvalue weighted by atomic mass is 16.2. The van der Waals surface area contributed by atoms with Gasteiger partial charge in [0.1, 0.15) is 6.04 Å². The van der Waals surface area contributed by atoms with E-state index in [0.29, 0.717) is 19.4 Å². The van der Waals surface area contributed by atoms with E-state index < -0.39 is 0 Å². The van der Waals surface area contributed by atoms with E-state index in [0.717, 1.165) is 42.9 Å². The average molecular weight is 380 g/mol. The zero-order valence-electron chi connectivity index (χ0n) is 16.8. The molecule has 5 heteroatoms. The largest absolute Gasteiger partial charge is 0.371 e. The van der Waals surface area contributed by atoms with Gasteiger partial charge in [-0.2, -0.15) is 0 Å². The molecular weight excluding hydrogens is 350 g/mol. The van der Waals surface area contributed by atoms with Gasteiger partial charge in [0.15, 0.2) is 0 Å². The molecule has 1 N–H and O–H groups in total. The summed E-state index contributed by atoms with van der Waals surface area (Å²) >= 11 is 0. The van der Waals surface area contributed by atoms with E-state index in [2.05, 4.69) is 47.6 Å². The first-order valence-electron chi connectivity index (χ1n) is 9.89. The lowest BCUT2D eigenvalue weighted by molar-refractivity contribution is -0.128. The third kappa shape index (κ3) is 3.75. The number of carbonyl (C=O) groups excluding carboxylic acids is 2. The number of hydrogen-bond donors (Lipinski definition) is 1. The van der Waals surface area contributed by atoms with Crippen LogP contribution in [0.2, 0.25) is 0 Å². The topological polar surface area (TPSA) is 52.6 Å². The molecule has 1 aromatic rings. The third-order valence-corrected chi connectivity index (χ3v) is 5.70. The first-order valence-corrected chi connectivity index (χ1v) is 9.89. The Morgan fingerprint density at radius 1 is 1.36 bits per heavy atom. The SMILES string of the molecule is C=C(C)N1CC=C(c2cccc3c2CN(C(CCC)C(=O)NC=O)C3=C)CC1. The Labute approximate surface area is 167 Å². The van der Waals surface area contributed by atoms with Crippen molar-refractivity contribution in [2.75, 3.05) is 13.1 Å². The van der Waals surface area contributed by atoms with Crippen LogP contribution in [0.1, 0.15) is 49.8 Å². The molecule has 5 nitrogen and oxygen atoms in total. The van der Waals surface area contributed by atoms with E-state index >= 15 is 0 Å². The van der Waals surface area contributed by atoms with Crippen molar-refractivity contribution in [3.8, 4) is 0 Å². The van der Waals surface area contributed by atoms with Crippen molar-refractivity contribution in [1.82, 2.24) is 15.1 Å². The van der Waals surface area contributed by atoms with Gasteiger partial charge >= 0.3 is 0 Å². The molecule has 2 amide bonds. The fourth-order valence-corrected chi connectivity index (χ4v) is 4.16. The summed E-state index contributed by atoms with van der Waals surface area (Å²) in [7, 11) is 0. The summed E-state index contributed by atoms with van der Waals surface area (Å²) in [6.07, 6.45) is 5.24. The summed E-state index contributed by atoms with van der Waals surface area (Å²) in [6, 6.07) is 5.92. The van der Waals surface area contributed by atoms with Gasteiger partial charge in [-0.05, 0) is 36.5 Å². The molecule has 28 heavy (non-hydrogen) atoms. The summed E-state index contributed by atoms with van der Waals surface area (Å²) < 4.78 is 0. The predicted octanol–water partition coefficient (Wildman–Crippen LogP) is 3.54. The number of nitrogens with one attached hydrogen (secondary N) is 1. The zero-order valence-corrected chi connectivity index (χ0v) is 16.8. The Balaban J connectivity index is 1.89. The van der Waals surface area contributed by atoms with Crippen molar-refractivity contribution >= 4 is 23.6 Å². The summed E-state index contributed by atoms with van der Waals surface area (Å²) in [5, 5.41) is 2.32. The maximum Gasteiger partial charge on any atom is 0.249 e. The van der Waals surface area contributed by atoms with Gasteiger partial charge in [0.25, 0.3) is 0 Å². The smallest absolute Gasteiger partial charge is 0.249 e. The molecule has 0 spiro atoms. The molecule has 0 saturated heterocycles. The van der Waals surface area contributed by atoms with Crippen LogP contribution in [0, 0.1) is 0 Å². The number of allylic oxidation sites excluding steroid dienone is 1. The predicted molar refractivity (Wildman–Crippen MR) is 113 cm³/mol. The molecule has 1 aromatic carbocycles. The van der Waals surface area contributed by atoms with Gasteiger partial charge in [-0.25, -0.2) is 0 Å². The molecule has 0 radical (unpaired) electrons. The molecule has 2 aliphatic heterocycles. The van der Waals surface area contributed by atoms with Crippen LogP contribution in [0.3, 0.4) is 0 Å². The summed E-state index contributed by atoms with van der Waals surface area (Å²) in [5.74, 6) is -0.263. The van der Waals surface area contributed by atoms with E-state index in [1.807, 2.05) is 18.7 Å². The second-order valence-corrected chi connectivity index (χ2v) is 7.50. The number of amides is 2. The van der Waals surface area contributed by atoms with E-state index in [9.17, 15) is 9.59 Å². The molecule has 1 atom stereocenters. The molecular formula is C23H29N3O2. The maximum atomic E-state index is 12.5. The molecule has 148 valence electrons. The summed E-state index contributed by atoms with van der Waals surface area (Å²) in [4.78, 5) is 27.6. The molecule has 1 unspecified atom stereocenters. The van der Waals surface area contributed by atoms with Crippen LogP contribution < -0.4 is 5.32 Å². The Hall–Kier alpha value is -2.82. The summed E-state index contributed by atoms with van der Waals surface area (Å²) in [6.45, 7) is 14.9. The number of hydrogen-bond acceptors (Lipinski definition) is 4. The summed E-state index contributed by atoms with van der Waals surface area (Å²) in [5.41, 5.74) is 6.86. The van der Waals surface area contributed by atoms with Crippen LogP contribution in [-0.2, 0) is 16.1 Å². The highest BCUT2D eigenvalue weighted by Gasteiger charge is 2.33. The fourth-order valence-electron chi connectivity index (χ4n) is 4.16. The minimum Gasteiger partial charge on any atom is -0.371 e. The van der Waals surface area contributed by atoms with Crippen molar-refractivity contribution in [3.63, 3.8) is 0 Å². The van der Waals surface area contributed by atoms with Crippen LogP contribution in [0.25, 0.3) is 11.3 Å². The lowest BCUT2D eigenvalue weighted by Crippen LogP contribution is -2.43. The van der Waals surface area contributed by atoms with Crippen molar-refractivity contribution in [2.24, 2.45) is 0 Å². The zero-order chi connectivity index (χ0) is 20.3. The normalized spacial score (nSPS) is 17.1. The monoisotopic (exact) mass is 379 g/mol. The number of nitrogens with zero attached hydrogens (tertiary/aromatic N) is 2. The quantitative estimate of drug-likeness (QED) is 0.737. The Bertz CT molecular complexity index is 840. The van der Waals surface area contributed by atoms with Crippen LogP contribution in [0.15, 0.2) is 43.1 Å². The first kappa shape index (κ1) is 19.9. The van der Waals surface area contributed by atoms with Gasteiger partial charge in [0.05, 0.1) is 0 Å². The third-order valence-electron chi connectivity index (χ3n) is 5.70. The standard InChI is InChI=1S/C23H29N3O2/c1-5-7-22(23(28)24-15-27)26-14-21-19(17(26)4)8-6-9-20(21)18-10-12-25(13-11-18)16(2)3/h6,8-10,15,22H,2,4-5,7,11-14H2,1,3H3,(H,24,27,28). The number of rotatable bonds is 7. The first-order chi connectivity index (χ1) is 13.5. The lowest BCUT2D eigenvalue weighted by atomic mass is 9.92. The Morgan fingerprint density at radius 2 is 2.11 bits per heavy atom. The van der Waals surface area contributed by atoms with Gasteiger partial charge in [0, 0.05) is 36.6 Å². The molecule has 3 rings (SSSR count). The van der Waals surface area contributed by atoms with E-state index in [-0.39, 0.29) is 11.9 Å².